The molecule has 0 bridgehead atoms. The predicted molar refractivity (Wildman–Crippen MR) is 97.2 cm³/mol. The number of allylic oxidation sites excluding steroid dienone is 3. The summed E-state index contributed by atoms with van der Waals surface area (Å²) in [6.45, 7) is 9.25. The summed E-state index contributed by atoms with van der Waals surface area (Å²) in [4.78, 5) is 13.3. The zero-order valence-corrected chi connectivity index (χ0v) is 16.4. The van der Waals surface area contributed by atoms with Crippen molar-refractivity contribution >= 4 is 15.8 Å². The van der Waals surface area contributed by atoms with Crippen molar-refractivity contribution in [3.63, 3.8) is 0 Å². The molecule has 5 heteroatoms. The SMILES string of the molecule is COC(=O)C12C(C)=CC(C)=CC1(C)Cc1cc(C)cc(C)c1S2(=O)=O. The van der Waals surface area contributed by atoms with Crippen LogP contribution in [-0.2, 0) is 25.8 Å². The van der Waals surface area contributed by atoms with Crippen molar-refractivity contribution in [1.29, 1.82) is 0 Å². The minimum Gasteiger partial charge on any atom is -0.468 e. The number of hydrogen-bond donors (Lipinski definition) is 0. The van der Waals surface area contributed by atoms with E-state index in [1.54, 1.807) is 19.9 Å². The Hall–Kier alpha value is -1.88. The zero-order chi connectivity index (χ0) is 18.8. The monoisotopic (exact) mass is 360 g/mol. The van der Waals surface area contributed by atoms with E-state index in [1.807, 2.05) is 39.0 Å². The van der Waals surface area contributed by atoms with Crippen molar-refractivity contribution in [2.24, 2.45) is 5.41 Å². The first kappa shape index (κ1) is 17.9. The summed E-state index contributed by atoms with van der Waals surface area (Å²) in [7, 11) is -2.73. The Balaban J connectivity index is 2.51. The van der Waals surface area contributed by atoms with Gasteiger partial charge < -0.3 is 4.74 Å². The number of methoxy groups -OCH3 is 1. The number of benzene rings is 1. The molecule has 0 spiro atoms. The molecule has 134 valence electrons. The fraction of sp³-hybridized carbons (Fsp3) is 0.450. The molecule has 2 unspecified atom stereocenters. The third-order valence-electron chi connectivity index (χ3n) is 5.55. The van der Waals surface area contributed by atoms with Crippen molar-refractivity contribution in [2.45, 2.75) is 50.7 Å². The summed E-state index contributed by atoms with van der Waals surface area (Å²) >= 11 is 0. The molecule has 2 aliphatic rings. The quantitative estimate of drug-likeness (QED) is 0.720. The highest BCUT2D eigenvalue weighted by Gasteiger charge is 2.68. The lowest BCUT2D eigenvalue weighted by atomic mass is 9.65. The van der Waals surface area contributed by atoms with Gasteiger partial charge in [0.15, 0.2) is 9.84 Å². The van der Waals surface area contributed by atoms with Gasteiger partial charge in [-0.05, 0) is 50.8 Å². The molecule has 0 saturated carbocycles. The lowest BCUT2D eigenvalue weighted by Gasteiger charge is -2.50. The lowest BCUT2D eigenvalue weighted by molar-refractivity contribution is -0.145. The van der Waals surface area contributed by atoms with E-state index in [4.69, 9.17) is 4.74 Å². The van der Waals surface area contributed by atoms with Crippen molar-refractivity contribution in [3.05, 3.63) is 52.1 Å². The van der Waals surface area contributed by atoms with Crippen LogP contribution in [0.25, 0.3) is 0 Å². The van der Waals surface area contributed by atoms with Crippen LogP contribution in [0.5, 0.6) is 0 Å². The number of carbonyl (C=O) groups is 1. The Morgan fingerprint density at radius 2 is 1.80 bits per heavy atom. The highest BCUT2D eigenvalue weighted by molar-refractivity contribution is 7.94. The van der Waals surface area contributed by atoms with Crippen LogP contribution in [0.3, 0.4) is 0 Å². The molecule has 25 heavy (non-hydrogen) atoms. The molecule has 1 aromatic rings. The molecule has 4 nitrogen and oxygen atoms in total. The number of rotatable bonds is 1. The lowest BCUT2D eigenvalue weighted by Crippen LogP contribution is -2.63. The first-order valence-electron chi connectivity index (χ1n) is 8.32. The molecule has 0 amide bonds. The molecular weight excluding hydrogens is 336 g/mol. The fourth-order valence-electron chi connectivity index (χ4n) is 4.99. The number of ether oxygens (including phenoxy) is 1. The van der Waals surface area contributed by atoms with Crippen LogP contribution in [0.4, 0.5) is 0 Å². The fourth-order valence-corrected chi connectivity index (χ4v) is 7.78. The number of esters is 1. The molecule has 0 radical (unpaired) electrons. The molecule has 0 fully saturated rings. The minimum atomic E-state index is -3.98. The third kappa shape index (κ3) is 2.05. The van der Waals surface area contributed by atoms with Crippen LogP contribution in [0.1, 0.15) is 37.5 Å². The maximum Gasteiger partial charge on any atom is 0.332 e. The van der Waals surface area contributed by atoms with Gasteiger partial charge in [0.1, 0.15) is 0 Å². The van der Waals surface area contributed by atoms with E-state index >= 15 is 0 Å². The van der Waals surface area contributed by atoms with Gasteiger partial charge in [0.2, 0.25) is 4.75 Å². The average Bonchev–Trinajstić information content (AvgIpc) is 2.43. The molecular formula is C20H24O4S. The maximum absolute atomic E-state index is 13.8. The highest BCUT2D eigenvalue weighted by Crippen LogP contribution is 2.57. The van der Waals surface area contributed by atoms with Gasteiger partial charge >= 0.3 is 5.97 Å². The summed E-state index contributed by atoms with van der Waals surface area (Å²) < 4.78 is 31.0. The molecule has 1 aromatic carbocycles. The van der Waals surface area contributed by atoms with Crippen LogP contribution < -0.4 is 0 Å². The van der Waals surface area contributed by atoms with Crippen LogP contribution in [0.2, 0.25) is 0 Å². The van der Waals surface area contributed by atoms with E-state index < -0.39 is 26.0 Å². The van der Waals surface area contributed by atoms with Gasteiger partial charge in [-0.1, -0.05) is 42.3 Å². The number of sulfone groups is 1. The van der Waals surface area contributed by atoms with E-state index in [0.29, 0.717) is 17.6 Å². The number of fused-ring (bicyclic) bond motifs is 2. The van der Waals surface area contributed by atoms with Gasteiger partial charge in [-0.25, -0.2) is 13.2 Å². The zero-order valence-electron chi connectivity index (χ0n) is 15.6. The molecule has 1 aliphatic heterocycles. The molecule has 0 saturated heterocycles. The molecule has 0 N–H and O–H groups in total. The second-order valence-electron chi connectivity index (χ2n) is 7.56. The van der Waals surface area contributed by atoms with E-state index in [2.05, 4.69) is 0 Å². The van der Waals surface area contributed by atoms with Crippen molar-refractivity contribution in [3.8, 4) is 0 Å². The largest absolute Gasteiger partial charge is 0.468 e. The third-order valence-corrected chi connectivity index (χ3v) is 8.43. The van der Waals surface area contributed by atoms with Gasteiger partial charge in [-0.15, -0.1) is 0 Å². The van der Waals surface area contributed by atoms with Gasteiger partial charge in [0.25, 0.3) is 0 Å². The molecule has 2 atom stereocenters. The van der Waals surface area contributed by atoms with Crippen LogP contribution >= 0.6 is 0 Å². The Morgan fingerprint density at radius 1 is 1.16 bits per heavy atom. The van der Waals surface area contributed by atoms with Crippen LogP contribution in [-0.4, -0.2) is 26.2 Å². The van der Waals surface area contributed by atoms with Crippen LogP contribution in [0, 0.1) is 19.3 Å². The smallest absolute Gasteiger partial charge is 0.332 e. The summed E-state index contributed by atoms with van der Waals surface area (Å²) in [5.41, 5.74) is 3.06. The van der Waals surface area contributed by atoms with Gasteiger partial charge in [-0.3, -0.25) is 0 Å². The van der Waals surface area contributed by atoms with Crippen molar-refractivity contribution in [1.82, 2.24) is 0 Å². The Kier molecular flexibility index (Phi) is 3.81. The normalized spacial score (nSPS) is 29.8. The second kappa shape index (κ2) is 5.31. The minimum absolute atomic E-state index is 0.279. The van der Waals surface area contributed by atoms with Crippen molar-refractivity contribution < 1.29 is 17.9 Å². The van der Waals surface area contributed by atoms with Crippen LogP contribution in [0.15, 0.2) is 40.3 Å². The first-order valence-corrected chi connectivity index (χ1v) is 9.81. The van der Waals surface area contributed by atoms with Gasteiger partial charge in [0, 0.05) is 5.41 Å². The summed E-state index contributed by atoms with van der Waals surface area (Å²) in [5.74, 6) is -0.710. The van der Waals surface area contributed by atoms with E-state index in [-0.39, 0.29) is 4.90 Å². The van der Waals surface area contributed by atoms with Gasteiger partial charge in [-0.2, -0.15) is 0 Å². The molecule has 1 aliphatic carbocycles. The van der Waals surface area contributed by atoms with E-state index in [1.165, 1.54) is 7.11 Å². The average molecular weight is 360 g/mol. The number of hydrogen-bond acceptors (Lipinski definition) is 4. The van der Waals surface area contributed by atoms with E-state index in [9.17, 15) is 13.2 Å². The Morgan fingerprint density at radius 3 is 2.40 bits per heavy atom. The molecule has 1 heterocycles. The van der Waals surface area contributed by atoms with Gasteiger partial charge in [0.05, 0.1) is 12.0 Å². The first-order chi connectivity index (χ1) is 11.5. The predicted octanol–water partition coefficient (Wildman–Crippen LogP) is 3.46. The number of aryl methyl sites for hydroxylation is 2. The summed E-state index contributed by atoms with van der Waals surface area (Å²) in [6.07, 6.45) is 4.17. The molecule has 0 aromatic heterocycles. The number of carbonyl (C=O) groups excluding carboxylic acids is 1. The Labute approximate surface area is 149 Å². The topological polar surface area (TPSA) is 60.4 Å². The van der Waals surface area contributed by atoms with Crippen molar-refractivity contribution in [2.75, 3.05) is 7.11 Å². The standard InChI is InChI=1S/C20H24O4S/c1-12-7-14(3)17-16(9-12)11-19(5)10-13(2)8-15(4)20(19,18(21)24-6)25(17,22)23/h7-10H,11H2,1-6H3. The maximum atomic E-state index is 13.8. The summed E-state index contributed by atoms with van der Waals surface area (Å²) in [5, 5.41) is 0. The summed E-state index contributed by atoms with van der Waals surface area (Å²) in [6, 6.07) is 3.77. The van der Waals surface area contributed by atoms with E-state index in [0.717, 1.165) is 16.7 Å². The molecule has 3 rings (SSSR count). The Bertz CT molecular complexity index is 952. The highest BCUT2D eigenvalue weighted by atomic mass is 32.2. The second-order valence-corrected chi connectivity index (χ2v) is 9.58.